The molecule has 198 valence electrons. The van der Waals surface area contributed by atoms with E-state index in [4.69, 9.17) is 8.37 Å². The first-order valence-electron chi connectivity index (χ1n) is 13.2. The molecule has 0 atom stereocenters. The standard InChI is InChI=1S/C26H46O6S2/c1-3-5-7-9-11-13-15-17-23-31-33(27,28)25-19-21-26(22-20-25)34(29,30)32-24-18-16-14-12-10-8-6-4-2/h19-22H,3-18,23-24H2,1-2H3. The van der Waals surface area contributed by atoms with Crippen LogP contribution in [0.1, 0.15) is 117 Å². The minimum atomic E-state index is -3.90. The van der Waals surface area contributed by atoms with Gasteiger partial charge < -0.3 is 0 Å². The van der Waals surface area contributed by atoms with E-state index >= 15 is 0 Å². The first kappa shape index (κ1) is 31.1. The first-order chi connectivity index (χ1) is 16.3. The van der Waals surface area contributed by atoms with Gasteiger partial charge in [0.05, 0.1) is 23.0 Å². The molecule has 0 spiro atoms. The van der Waals surface area contributed by atoms with Crippen LogP contribution in [0.15, 0.2) is 34.1 Å². The summed E-state index contributed by atoms with van der Waals surface area (Å²) in [6, 6.07) is 5.04. The zero-order valence-corrected chi connectivity index (χ0v) is 22.9. The Bertz CT molecular complexity index is 762. The lowest BCUT2D eigenvalue weighted by molar-refractivity contribution is 0.304. The van der Waals surface area contributed by atoms with Gasteiger partial charge in [0.25, 0.3) is 20.2 Å². The zero-order valence-electron chi connectivity index (χ0n) is 21.3. The van der Waals surface area contributed by atoms with Crippen LogP contribution < -0.4 is 0 Å². The third-order valence-electron chi connectivity index (χ3n) is 5.87. The van der Waals surface area contributed by atoms with Gasteiger partial charge in [-0.3, -0.25) is 8.37 Å². The quantitative estimate of drug-likeness (QED) is 0.118. The number of unbranched alkanes of at least 4 members (excludes halogenated alkanes) is 14. The van der Waals surface area contributed by atoms with Crippen LogP contribution in [0.4, 0.5) is 0 Å². The van der Waals surface area contributed by atoms with E-state index < -0.39 is 20.2 Å². The summed E-state index contributed by atoms with van der Waals surface area (Å²) in [5, 5.41) is 0. The number of hydrogen-bond donors (Lipinski definition) is 0. The second-order valence-corrected chi connectivity index (χ2v) is 12.2. The molecule has 34 heavy (non-hydrogen) atoms. The van der Waals surface area contributed by atoms with E-state index in [0.717, 1.165) is 25.7 Å². The molecule has 1 aromatic carbocycles. The fourth-order valence-electron chi connectivity index (χ4n) is 3.72. The molecule has 6 nitrogen and oxygen atoms in total. The highest BCUT2D eigenvalue weighted by molar-refractivity contribution is 7.87. The van der Waals surface area contributed by atoms with E-state index in [0.29, 0.717) is 12.8 Å². The third-order valence-corrected chi connectivity index (χ3v) is 8.53. The van der Waals surface area contributed by atoms with E-state index in [1.165, 1.54) is 88.5 Å². The highest BCUT2D eigenvalue weighted by atomic mass is 32.2. The second-order valence-electron chi connectivity index (χ2n) is 8.97. The van der Waals surface area contributed by atoms with Crippen LogP contribution in [0, 0.1) is 0 Å². The predicted octanol–water partition coefficient (Wildman–Crippen LogP) is 7.38. The molecule has 8 heteroatoms. The van der Waals surface area contributed by atoms with Gasteiger partial charge in [-0.15, -0.1) is 0 Å². The normalized spacial score (nSPS) is 12.3. The number of rotatable bonds is 22. The molecule has 0 bridgehead atoms. The molecular formula is C26H46O6S2. The smallest absolute Gasteiger partial charge is 0.266 e. The largest absolute Gasteiger partial charge is 0.296 e. The molecule has 0 aliphatic heterocycles. The van der Waals surface area contributed by atoms with Crippen molar-refractivity contribution in [1.29, 1.82) is 0 Å². The van der Waals surface area contributed by atoms with Crippen molar-refractivity contribution in [1.82, 2.24) is 0 Å². The monoisotopic (exact) mass is 518 g/mol. The van der Waals surface area contributed by atoms with Crippen molar-refractivity contribution in [2.24, 2.45) is 0 Å². The maximum Gasteiger partial charge on any atom is 0.296 e. The number of hydrogen-bond acceptors (Lipinski definition) is 6. The van der Waals surface area contributed by atoms with E-state index in [2.05, 4.69) is 13.8 Å². The van der Waals surface area contributed by atoms with Crippen LogP contribution in [0.5, 0.6) is 0 Å². The van der Waals surface area contributed by atoms with Crippen LogP contribution in [0.3, 0.4) is 0 Å². The summed E-state index contributed by atoms with van der Waals surface area (Å²) in [5.41, 5.74) is 0. The average Bonchev–Trinajstić information content (AvgIpc) is 2.82. The molecule has 0 unspecified atom stereocenters. The lowest BCUT2D eigenvalue weighted by Gasteiger charge is -2.08. The van der Waals surface area contributed by atoms with E-state index in [-0.39, 0.29) is 23.0 Å². The van der Waals surface area contributed by atoms with Crippen molar-refractivity contribution in [3.63, 3.8) is 0 Å². The van der Waals surface area contributed by atoms with Gasteiger partial charge in [0.15, 0.2) is 0 Å². The van der Waals surface area contributed by atoms with Crippen molar-refractivity contribution in [2.45, 2.75) is 126 Å². The zero-order chi connectivity index (χ0) is 25.1. The molecule has 0 aromatic heterocycles. The summed E-state index contributed by atoms with van der Waals surface area (Å²) < 4.78 is 59.6. The maximum atomic E-state index is 12.4. The van der Waals surface area contributed by atoms with Gasteiger partial charge in [-0.1, -0.05) is 104 Å². The van der Waals surface area contributed by atoms with Crippen molar-refractivity contribution in [3.05, 3.63) is 24.3 Å². The minimum Gasteiger partial charge on any atom is -0.266 e. The van der Waals surface area contributed by atoms with Crippen LogP contribution in [0.2, 0.25) is 0 Å². The first-order valence-corrected chi connectivity index (χ1v) is 16.0. The average molecular weight is 519 g/mol. The van der Waals surface area contributed by atoms with Crippen LogP contribution in [0.25, 0.3) is 0 Å². The lowest BCUT2D eigenvalue weighted by Crippen LogP contribution is -2.10. The van der Waals surface area contributed by atoms with E-state index in [1.807, 2.05) is 0 Å². The van der Waals surface area contributed by atoms with Crippen molar-refractivity contribution in [3.8, 4) is 0 Å². The molecule has 1 rings (SSSR count). The Balaban J connectivity index is 2.32. The van der Waals surface area contributed by atoms with Gasteiger partial charge in [-0.2, -0.15) is 16.8 Å². The minimum absolute atomic E-state index is 0.0471. The van der Waals surface area contributed by atoms with Crippen LogP contribution in [-0.4, -0.2) is 30.0 Å². The SMILES string of the molecule is CCCCCCCCCCOS(=O)(=O)c1ccc(S(=O)(=O)OCCCCCCCCCC)cc1. The molecule has 0 amide bonds. The summed E-state index contributed by atoms with van der Waals surface area (Å²) in [6.45, 7) is 4.66. The Morgan fingerprint density at radius 1 is 0.471 bits per heavy atom. The van der Waals surface area contributed by atoms with Crippen LogP contribution in [-0.2, 0) is 28.6 Å². The van der Waals surface area contributed by atoms with Gasteiger partial charge in [0, 0.05) is 0 Å². The highest BCUT2D eigenvalue weighted by Gasteiger charge is 2.19. The topological polar surface area (TPSA) is 86.7 Å². The molecule has 1 aromatic rings. The van der Waals surface area contributed by atoms with E-state index in [9.17, 15) is 16.8 Å². The summed E-state index contributed by atoms with van der Waals surface area (Å²) >= 11 is 0. The summed E-state index contributed by atoms with van der Waals surface area (Å²) in [6.07, 6.45) is 17.7. The lowest BCUT2D eigenvalue weighted by atomic mass is 10.1. The van der Waals surface area contributed by atoms with Gasteiger partial charge in [0.1, 0.15) is 0 Å². The molecule has 0 saturated heterocycles. The Labute approximate surface area is 209 Å². The summed E-state index contributed by atoms with van der Waals surface area (Å²) in [4.78, 5) is -0.0943. The molecule has 0 fully saturated rings. The van der Waals surface area contributed by atoms with Crippen molar-refractivity contribution < 1.29 is 25.2 Å². The molecule has 0 aliphatic rings. The third kappa shape index (κ3) is 13.8. The molecule has 0 heterocycles. The Morgan fingerprint density at radius 3 is 1.03 bits per heavy atom. The van der Waals surface area contributed by atoms with Crippen LogP contribution >= 0.6 is 0 Å². The number of benzene rings is 1. The van der Waals surface area contributed by atoms with Gasteiger partial charge in [-0.05, 0) is 37.1 Å². The molecular weight excluding hydrogens is 472 g/mol. The van der Waals surface area contributed by atoms with Crippen molar-refractivity contribution >= 4 is 20.2 Å². The Hall–Kier alpha value is -0.960. The maximum absolute atomic E-state index is 12.4. The predicted molar refractivity (Wildman–Crippen MR) is 138 cm³/mol. The van der Waals surface area contributed by atoms with Gasteiger partial charge in [0.2, 0.25) is 0 Å². The fourth-order valence-corrected chi connectivity index (χ4v) is 5.60. The molecule has 0 radical (unpaired) electrons. The Kier molecular flexibility index (Phi) is 16.7. The van der Waals surface area contributed by atoms with Crippen molar-refractivity contribution in [2.75, 3.05) is 13.2 Å². The summed E-state index contributed by atoms with van der Waals surface area (Å²) in [5.74, 6) is 0. The second kappa shape index (κ2) is 18.3. The highest BCUT2D eigenvalue weighted by Crippen LogP contribution is 2.19. The summed E-state index contributed by atoms with van der Waals surface area (Å²) in [7, 11) is -7.80. The van der Waals surface area contributed by atoms with E-state index in [1.54, 1.807) is 0 Å². The molecule has 0 N–H and O–H groups in total. The van der Waals surface area contributed by atoms with Gasteiger partial charge in [-0.25, -0.2) is 0 Å². The van der Waals surface area contributed by atoms with Gasteiger partial charge >= 0.3 is 0 Å². The Morgan fingerprint density at radius 2 is 0.735 bits per heavy atom. The molecule has 0 aliphatic carbocycles. The molecule has 0 saturated carbocycles. The fraction of sp³-hybridized carbons (Fsp3) is 0.769.